The van der Waals surface area contributed by atoms with E-state index in [2.05, 4.69) is 10.9 Å². The van der Waals surface area contributed by atoms with Crippen LogP contribution in [0.5, 0.6) is 0 Å². The van der Waals surface area contributed by atoms with Crippen LogP contribution in [0.1, 0.15) is 18.4 Å². The van der Waals surface area contributed by atoms with Gasteiger partial charge in [-0.15, -0.1) is 0 Å². The standard InChI is InChI=1S/C13H15FN2O/c1-9-8-11(14)5-6-12(9)15-16-13(17)7-4-10-2-3-10/h4-8,10,15H,2-3H2,1H3,(H,16,17)/b7-4+. The number of benzene rings is 1. The zero-order valence-electron chi connectivity index (χ0n) is 9.66. The van der Waals surface area contributed by atoms with Crippen molar-refractivity contribution in [3.63, 3.8) is 0 Å². The van der Waals surface area contributed by atoms with Crippen molar-refractivity contribution in [2.75, 3.05) is 5.43 Å². The summed E-state index contributed by atoms with van der Waals surface area (Å²) in [6.45, 7) is 1.78. The number of allylic oxidation sites excluding steroid dienone is 1. The van der Waals surface area contributed by atoms with Crippen molar-refractivity contribution in [1.82, 2.24) is 5.43 Å². The number of carbonyl (C=O) groups is 1. The van der Waals surface area contributed by atoms with Crippen molar-refractivity contribution in [3.8, 4) is 0 Å². The van der Waals surface area contributed by atoms with E-state index in [0.717, 1.165) is 5.56 Å². The number of hydrogen-bond donors (Lipinski definition) is 2. The summed E-state index contributed by atoms with van der Waals surface area (Å²) < 4.78 is 12.8. The quantitative estimate of drug-likeness (QED) is 0.621. The van der Waals surface area contributed by atoms with Gasteiger partial charge < -0.3 is 0 Å². The summed E-state index contributed by atoms with van der Waals surface area (Å²) in [7, 11) is 0. The van der Waals surface area contributed by atoms with E-state index in [1.54, 1.807) is 13.0 Å². The van der Waals surface area contributed by atoms with Gasteiger partial charge in [-0.2, -0.15) is 0 Å². The van der Waals surface area contributed by atoms with E-state index in [9.17, 15) is 9.18 Å². The van der Waals surface area contributed by atoms with Crippen molar-refractivity contribution in [2.24, 2.45) is 5.92 Å². The first-order chi connectivity index (χ1) is 8.15. The summed E-state index contributed by atoms with van der Waals surface area (Å²) in [5.74, 6) is 0.0990. The molecule has 17 heavy (non-hydrogen) atoms. The monoisotopic (exact) mass is 234 g/mol. The van der Waals surface area contributed by atoms with Crippen LogP contribution in [0.2, 0.25) is 0 Å². The molecule has 0 aliphatic heterocycles. The second-order valence-corrected chi connectivity index (χ2v) is 4.27. The minimum Gasteiger partial charge on any atom is -0.298 e. The molecular weight excluding hydrogens is 219 g/mol. The average Bonchev–Trinajstić information content (AvgIpc) is 3.09. The van der Waals surface area contributed by atoms with Gasteiger partial charge in [0.1, 0.15) is 5.82 Å². The molecule has 0 aromatic heterocycles. The molecule has 1 fully saturated rings. The second kappa shape index (κ2) is 4.99. The molecule has 1 saturated carbocycles. The Morgan fingerprint density at radius 1 is 1.47 bits per heavy atom. The number of nitrogens with one attached hydrogen (secondary N) is 2. The van der Waals surface area contributed by atoms with Crippen molar-refractivity contribution in [1.29, 1.82) is 0 Å². The molecule has 0 saturated heterocycles. The molecule has 1 aromatic carbocycles. The number of aryl methyl sites for hydroxylation is 1. The highest BCUT2D eigenvalue weighted by molar-refractivity contribution is 5.88. The summed E-state index contributed by atoms with van der Waals surface area (Å²) in [6, 6.07) is 4.35. The lowest BCUT2D eigenvalue weighted by Gasteiger charge is -2.09. The predicted octanol–water partition coefficient (Wildman–Crippen LogP) is 2.54. The van der Waals surface area contributed by atoms with Gasteiger partial charge in [-0.3, -0.25) is 15.6 Å². The molecule has 1 aromatic rings. The molecule has 0 spiro atoms. The Morgan fingerprint density at radius 3 is 2.88 bits per heavy atom. The third-order valence-electron chi connectivity index (χ3n) is 2.65. The van der Waals surface area contributed by atoms with E-state index in [1.165, 1.54) is 31.1 Å². The fourth-order valence-electron chi connectivity index (χ4n) is 1.45. The van der Waals surface area contributed by atoms with Gasteiger partial charge in [-0.1, -0.05) is 6.08 Å². The Morgan fingerprint density at radius 2 is 2.24 bits per heavy atom. The first-order valence-corrected chi connectivity index (χ1v) is 5.65. The van der Waals surface area contributed by atoms with Crippen molar-refractivity contribution < 1.29 is 9.18 Å². The molecule has 0 unspecified atom stereocenters. The van der Waals surface area contributed by atoms with E-state index in [4.69, 9.17) is 0 Å². The van der Waals surface area contributed by atoms with Crippen LogP contribution >= 0.6 is 0 Å². The highest BCUT2D eigenvalue weighted by Crippen LogP contribution is 2.29. The van der Waals surface area contributed by atoms with Gasteiger partial charge in [0, 0.05) is 6.08 Å². The average molecular weight is 234 g/mol. The minimum atomic E-state index is -0.284. The Balaban J connectivity index is 1.86. The van der Waals surface area contributed by atoms with Gasteiger partial charge in [0.25, 0.3) is 5.91 Å². The van der Waals surface area contributed by atoms with Crippen LogP contribution in [0.4, 0.5) is 10.1 Å². The number of hydrazine groups is 1. The zero-order chi connectivity index (χ0) is 12.3. The smallest absolute Gasteiger partial charge is 0.262 e. The van der Waals surface area contributed by atoms with Crippen LogP contribution in [0, 0.1) is 18.7 Å². The van der Waals surface area contributed by atoms with E-state index in [1.807, 2.05) is 6.08 Å². The fourth-order valence-corrected chi connectivity index (χ4v) is 1.45. The Hall–Kier alpha value is -1.84. The molecule has 1 aliphatic carbocycles. The van der Waals surface area contributed by atoms with Crippen LogP contribution in [-0.4, -0.2) is 5.91 Å². The van der Waals surface area contributed by atoms with E-state index in [0.29, 0.717) is 11.6 Å². The van der Waals surface area contributed by atoms with Gasteiger partial charge in [0.05, 0.1) is 5.69 Å². The maximum atomic E-state index is 12.8. The fraction of sp³-hybridized carbons (Fsp3) is 0.308. The predicted molar refractivity (Wildman–Crippen MR) is 64.8 cm³/mol. The van der Waals surface area contributed by atoms with Crippen molar-refractivity contribution in [2.45, 2.75) is 19.8 Å². The number of carbonyl (C=O) groups excluding carboxylic acids is 1. The minimum absolute atomic E-state index is 0.194. The summed E-state index contributed by atoms with van der Waals surface area (Å²) in [4.78, 5) is 11.4. The molecule has 0 atom stereocenters. The molecule has 1 aliphatic rings. The number of anilines is 1. The second-order valence-electron chi connectivity index (χ2n) is 4.27. The molecule has 2 rings (SSSR count). The number of rotatable bonds is 4. The summed E-state index contributed by atoms with van der Waals surface area (Å²) in [6.07, 6.45) is 5.79. The van der Waals surface area contributed by atoms with Crippen molar-refractivity contribution >= 4 is 11.6 Å². The van der Waals surface area contributed by atoms with Crippen LogP contribution < -0.4 is 10.9 Å². The molecule has 2 N–H and O–H groups in total. The highest BCUT2D eigenvalue weighted by atomic mass is 19.1. The molecule has 0 bridgehead atoms. The van der Waals surface area contributed by atoms with Crippen LogP contribution in [0.15, 0.2) is 30.4 Å². The molecule has 0 heterocycles. The van der Waals surface area contributed by atoms with Gasteiger partial charge in [-0.05, 0) is 49.4 Å². The Bertz CT molecular complexity index is 453. The van der Waals surface area contributed by atoms with Gasteiger partial charge in [0.15, 0.2) is 0 Å². The first-order valence-electron chi connectivity index (χ1n) is 5.65. The first kappa shape index (κ1) is 11.6. The molecule has 4 heteroatoms. The normalized spacial score (nSPS) is 14.9. The topological polar surface area (TPSA) is 41.1 Å². The number of amides is 1. The number of hydrogen-bond acceptors (Lipinski definition) is 2. The summed E-state index contributed by atoms with van der Waals surface area (Å²) in [5.41, 5.74) is 6.75. The molecular formula is C13H15FN2O. The highest BCUT2D eigenvalue weighted by Gasteiger charge is 2.17. The maximum absolute atomic E-state index is 12.8. The van der Waals surface area contributed by atoms with E-state index >= 15 is 0 Å². The van der Waals surface area contributed by atoms with Crippen LogP contribution in [0.25, 0.3) is 0 Å². The summed E-state index contributed by atoms with van der Waals surface area (Å²) >= 11 is 0. The van der Waals surface area contributed by atoms with E-state index in [-0.39, 0.29) is 11.7 Å². The molecule has 90 valence electrons. The molecule has 1 amide bonds. The summed E-state index contributed by atoms with van der Waals surface area (Å²) in [5, 5.41) is 0. The van der Waals surface area contributed by atoms with Gasteiger partial charge in [-0.25, -0.2) is 4.39 Å². The lowest BCUT2D eigenvalue weighted by molar-refractivity contribution is -0.116. The van der Waals surface area contributed by atoms with Gasteiger partial charge >= 0.3 is 0 Å². The zero-order valence-corrected chi connectivity index (χ0v) is 9.66. The molecule has 0 radical (unpaired) electrons. The Labute approximate surface area is 99.7 Å². The third-order valence-corrected chi connectivity index (χ3v) is 2.65. The Kier molecular flexibility index (Phi) is 3.42. The maximum Gasteiger partial charge on any atom is 0.262 e. The van der Waals surface area contributed by atoms with Crippen LogP contribution in [-0.2, 0) is 4.79 Å². The lowest BCUT2D eigenvalue weighted by atomic mass is 10.2. The van der Waals surface area contributed by atoms with Gasteiger partial charge in [0.2, 0.25) is 0 Å². The number of halogens is 1. The largest absolute Gasteiger partial charge is 0.298 e. The SMILES string of the molecule is Cc1cc(F)ccc1NNC(=O)/C=C/C1CC1. The van der Waals surface area contributed by atoms with Crippen LogP contribution in [0.3, 0.4) is 0 Å². The third kappa shape index (κ3) is 3.59. The molecule has 3 nitrogen and oxygen atoms in total. The lowest BCUT2D eigenvalue weighted by Crippen LogP contribution is -2.27. The van der Waals surface area contributed by atoms with E-state index < -0.39 is 0 Å². The van der Waals surface area contributed by atoms with Crippen molar-refractivity contribution in [3.05, 3.63) is 41.7 Å².